The zero-order valence-corrected chi connectivity index (χ0v) is 19.0. The maximum Gasteiger partial charge on any atom is 0.250 e. The fourth-order valence-electron chi connectivity index (χ4n) is 5.74. The molecule has 33 heavy (non-hydrogen) atoms. The molecule has 4 aliphatic rings. The molecule has 6 rings (SSSR count). The van der Waals surface area contributed by atoms with E-state index in [-0.39, 0.29) is 17.6 Å². The molecule has 1 unspecified atom stereocenters. The molecule has 0 bridgehead atoms. The Bertz CT molecular complexity index is 1300. The highest BCUT2D eigenvalue weighted by molar-refractivity contribution is 6.00. The van der Waals surface area contributed by atoms with Gasteiger partial charge in [-0.05, 0) is 43.5 Å². The van der Waals surface area contributed by atoms with Gasteiger partial charge in [-0.15, -0.1) is 0 Å². The predicted octanol–water partition coefficient (Wildman–Crippen LogP) is 3.97. The molecule has 1 aromatic carbocycles. The molecule has 4 aliphatic heterocycles. The number of nitrogens with zero attached hydrogens (tertiary/aromatic N) is 4. The Morgan fingerprint density at radius 3 is 3.00 bits per heavy atom. The molecule has 1 amide bonds. The van der Waals surface area contributed by atoms with Crippen molar-refractivity contribution in [3.05, 3.63) is 71.3 Å². The molecule has 0 saturated heterocycles. The molecule has 8 heteroatoms. The van der Waals surface area contributed by atoms with Gasteiger partial charge in [-0.2, -0.15) is 15.3 Å². The number of aromatic nitrogens is 2. The van der Waals surface area contributed by atoms with Crippen molar-refractivity contribution < 1.29 is 4.79 Å². The molecule has 1 aromatic heterocycles. The van der Waals surface area contributed by atoms with E-state index in [4.69, 9.17) is 0 Å². The van der Waals surface area contributed by atoms with Crippen molar-refractivity contribution in [3.63, 3.8) is 0 Å². The lowest BCUT2D eigenvalue weighted by molar-refractivity contribution is -0.120. The van der Waals surface area contributed by atoms with Gasteiger partial charge in [-0.25, -0.2) is 4.68 Å². The molecule has 0 spiro atoms. The van der Waals surface area contributed by atoms with Crippen molar-refractivity contribution in [1.82, 2.24) is 20.4 Å². The number of allylic oxidation sites excluding steroid dienone is 1. The maximum atomic E-state index is 13.6. The number of azo groups is 1. The minimum absolute atomic E-state index is 0.0260. The van der Waals surface area contributed by atoms with E-state index in [9.17, 15) is 4.79 Å². The Balaban J connectivity index is 1.55. The van der Waals surface area contributed by atoms with Crippen LogP contribution in [-0.2, 0) is 16.8 Å². The summed E-state index contributed by atoms with van der Waals surface area (Å²) in [6.07, 6.45) is 8.93. The molecule has 2 atom stereocenters. The van der Waals surface area contributed by atoms with Crippen LogP contribution < -0.4 is 16.0 Å². The summed E-state index contributed by atoms with van der Waals surface area (Å²) in [5.74, 6) is 0.951. The Morgan fingerprint density at radius 2 is 2.15 bits per heavy atom. The molecular formula is C25H27N7O. The van der Waals surface area contributed by atoms with E-state index in [1.807, 2.05) is 29.4 Å². The monoisotopic (exact) mass is 441 g/mol. The van der Waals surface area contributed by atoms with Gasteiger partial charge in [-0.1, -0.05) is 25.1 Å². The largest absolute Gasteiger partial charge is 0.362 e. The number of amides is 1. The molecule has 3 N–H and O–H groups in total. The molecule has 0 fully saturated rings. The zero-order valence-electron chi connectivity index (χ0n) is 19.0. The minimum Gasteiger partial charge on any atom is -0.362 e. The van der Waals surface area contributed by atoms with Crippen LogP contribution in [0.4, 0.5) is 5.82 Å². The highest BCUT2D eigenvalue weighted by Crippen LogP contribution is 2.51. The van der Waals surface area contributed by atoms with Gasteiger partial charge in [0.05, 0.1) is 29.9 Å². The number of hydrogen-bond acceptors (Lipinski definition) is 6. The van der Waals surface area contributed by atoms with Crippen molar-refractivity contribution in [2.75, 3.05) is 5.32 Å². The topological polar surface area (TPSA) is 95.7 Å². The number of carbonyl (C=O) groups excluding carboxylic acids is 1. The molecule has 8 nitrogen and oxygen atoms in total. The molecule has 168 valence electrons. The summed E-state index contributed by atoms with van der Waals surface area (Å²) < 4.78 is 1.95. The van der Waals surface area contributed by atoms with Gasteiger partial charge in [0.15, 0.2) is 6.17 Å². The van der Waals surface area contributed by atoms with E-state index in [1.54, 1.807) is 0 Å². The average molecular weight is 442 g/mol. The molecule has 0 radical (unpaired) electrons. The van der Waals surface area contributed by atoms with Crippen LogP contribution in [0.3, 0.4) is 0 Å². The van der Waals surface area contributed by atoms with E-state index in [1.165, 1.54) is 0 Å². The first kappa shape index (κ1) is 20.0. The highest BCUT2D eigenvalue weighted by Gasteiger charge is 2.53. The average Bonchev–Trinajstić information content (AvgIpc) is 3.44. The highest BCUT2D eigenvalue weighted by atomic mass is 16.2. The summed E-state index contributed by atoms with van der Waals surface area (Å²) in [5, 5.41) is 23.3. The molecule has 0 aliphatic carbocycles. The number of fused-ring (bicyclic) bond motifs is 2. The maximum absolute atomic E-state index is 13.6. The summed E-state index contributed by atoms with van der Waals surface area (Å²) in [4.78, 5) is 13.6. The van der Waals surface area contributed by atoms with Gasteiger partial charge in [0.25, 0.3) is 5.91 Å². The third kappa shape index (κ3) is 2.83. The van der Waals surface area contributed by atoms with E-state index >= 15 is 0 Å². The number of anilines is 1. The van der Waals surface area contributed by atoms with E-state index in [0.29, 0.717) is 0 Å². The van der Waals surface area contributed by atoms with Gasteiger partial charge in [0, 0.05) is 35.0 Å². The van der Waals surface area contributed by atoms with Crippen molar-refractivity contribution in [2.24, 2.45) is 10.2 Å². The van der Waals surface area contributed by atoms with Crippen LogP contribution in [0.2, 0.25) is 0 Å². The Hall–Kier alpha value is -3.68. The first-order valence-corrected chi connectivity index (χ1v) is 11.4. The summed E-state index contributed by atoms with van der Waals surface area (Å²) in [6, 6.07) is 8.48. The third-order valence-electron chi connectivity index (χ3n) is 7.16. The van der Waals surface area contributed by atoms with Crippen LogP contribution in [0, 0.1) is 0 Å². The lowest BCUT2D eigenvalue weighted by Gasteiger charge is -2.48. The second kappa shape index (κ2) is 6.91. The zero-order chi connectivity index (χ0) is 22.8. The van der Waals surface area contributed by atoms with E-state index in [2.05, 4.69) is 76.3 Å². The lowest BCUT2D eigenvalue weighted by atomic mass is 9.62. The number of rotatable bonds is 3. The molecule has 0 saturated carbocycles. The predicted molar refractivity (Wildman–Crippen MR) is 126 cm³/mol. The first-order chi connectivity index (χ1) is 15.9. The first-order valence-electron chi connectivity index (χ1n) is 11.4. The summed E-state index contributed by atoms with van der Waals surface area (Å²) in [5.41, 5.74) is 5.02. The number of benzene rings is 1. The summed E-state index contributed by atoms with van der Waals surface area (Å²) >= 11 is 0. The minimum atomic E-state index is -0.605. The van der Waals surface area contributed by atoms with Gasteiger partial charge < -0.3 is 16.0 Å². The van der Waals surface area contributed by atoms with Crippen LogP contribution in [0.25, 0.3) is 11.1 Å². The second-order valence-corrected chi connectivity index (χ2v) is 9.71. The molecular weight excluding hydrogens is 414 g/mol. The fourth-order valence-corrected chi connectivity index (χ4v) is 5.74. The molecule has 2 aromatic rings. The SMILES string of the molecule is CC[C@]1(c2cccc(-c3cnn4c3NC=CC4)c2)C2=CN=NC2NC2=C1C(=O)NC(C)(C)C2. The van der Waals surface area contributed by atoms with Crippen LogP contribution in [0.1, 0.15) is 39.2 Å². The standard InChI is InChI=1S/C25H27N7O/c1-4-25(16-8-5-7-15(11-16)17-13-28-32-10-6-9-26-22(17)32)18-14-27-31-21(18)29-19-12-24(2,3)30-23(33)20(19)25/h5-9,11,13-14,21,26,29H,4,10,12H2,1-3H3,(H,30,33)/t21?,25-/m0/s1. The van der Waals surface area contributed by atoms with Crippen molar-refractivity contribution >= 4 is 11.7 Å². The van der Waals surface area contributed by atoms with Gasteiger partial charge in [-0.3, -0.25) is 4.79 Å². The van der Waals surface area contributed by atoms with Crippen LogP contribution in [0.15, 0.2) is 76.0 Å². The number of hydrogen-bond donors (Lipinski definition) is 3. The van der Waals surface area contributed by atoms with Crippen molar-refractivity contribution in [3.8, 4) is 11.1 Å². The lowest BCUT2D eigenvalue weighted by Crippen LogP contribution is -2.58. The van der Waals surface area contributed by atoms with Crippen molar-refractivity contribution in [1.29, 1.82) is 0 Å². The second-order valence-electron chi connectivity index (χ2n) is 9.71. The van der Waals surface area contributed by atoms with Gasteiger partial charge in [0.1, 0.15) is 5.82 Å². The van der Waals surface area contributed by atoms with Crippen LogP contribution >= 0.6 is 0 Å². The Morgan fingerprint density at radius 1 is 1.27 bits per heavy atom. The van der Waals surface area contributed by atoms with Crippen LogP contribution in [0.5, 0.6) is 0 Å². The smallest absolute Gasteiger partial charge is 0.250 e. The summed E-state index contributed by atoms with van der Waals surface area (Å²) in [6.45, 7) is 6.99. The number of carbonyl (C=O) groups is 1. The number of nitrogens with one attached hydrogen (secondary N) is 3. The van der Waals surface area contributed by atoms with Gasteiger partial charge in [0.2, 0.25) is 0 Å². The Kier molecular flexibility index (Phi) is 4.18. The van der Waals surface area contributed by atoms with Gasteiger partial charge >= 0.3 is 0 Å². The third-order valence-corrected chi connectivity index (χ3v) is 7.16. The van der Waals surface area contributed by atoms with E-state index in [0.717, 1.165) is 58.7 Å². The summed E-state index contributed by atoms with van der Waals surface area (Å²) in [7, 11) is 0. The van der Waals surface area contributed by atoms with Crippen molar-refractivity contribution in [2.45, 2.75) is 57.3 Å². The molecule has 5 heterocycles. The Labute approximate surface area is 192 Å². The fraction of sp³-hybridized carbons (Fsp3) is 0.360. The normalized spacial score (nSPS) is 26.6. The van der Waals surface area contributed by atoms with E-state index < -0.39 is 5.41 Å². The quantitative estimate of drug-likeness (QED) is 0.672. The van der Waals surface area contributed by atoms with Crippen LogP contribution in [-0.4, -0.2) is 27.4 Å².